The predicted molar refractivity (Wildman–Crippen MR) is 56.5 cm³/mol. The SMILES string of the molecule is C#CCCCNS(=O)(=O)c1ccnn1C. The van der Waals surface area contributed by atoms with Crippen molar-refractivity contribution in [1.82, 2.24) is 14.5 Å². The van der Waals surface area contributed by atoms with E-state index in [1.807, 2.05) is 0 Å². The zero-order valence-corrected chi connectivity index (χ0v) is 9.29. The Morgan fingerprint density at radius 1 is 1.67 bits per heavy atom. The van der Waals surface area contributed by atoms with Gasteiger partial charge >= 0.3 is 0 Å². The van der Waals surface area contributed by atoms with Gasteiger partial charge in [-0.1, -0.05) is 0 Å². The third-order valence-corrected chi connectivity index (χ3v) is 3.38. The molecule has 0 aromatic carbocycles. The van der Waals surface area contributed by atoms with Crippen molar-refractivity contribution in [3.8, 4) is 12.3 Å². The van der Waals surface area contributed by atoms with E-state index < -0.39 is 10.0 Å². The lowest BCUT2D eigenvalue weighted by Gasteiger charge is -2.05. The van der Waals surface area contributed by atoms with Crippen LogP contribution in [-0.4, -0.2) is 24.7 Å². The molecule has 15 heavy (non-hydrogen) atoms. The highest BCUT2D eigenvalue weighted by molar-refractivity contribution is 7.89. The van der Waals surface area contributed by atoms with Gasteiger partial charge in [0, 0.05) is 20.0 Å². The first-order chi connectivity index (χ1) is 7.08. The number of rotatable bonds is 5. The van der Waals surface area contributed by atoms with E-state index in [1.165, 1.54) is 16.9 Å². The molecule has 1 aromatic heterocycles. The highest BCUT2D eigenvalue weighted by Gasteiger charge is 2.16. The molecule has 0 aliphatic carbocycles. The Morgan fingerprint density at radius 3 is 2.93 bits per heavy atom. The number of unbranched alkanes of at least 4 members (excludes halogenated alkanes) is 1. The molecule has 0 spiro atoms. The second-order valence-corrected chi connectivity index (χ2v) is 4.71. The first-order valence-corrected chi connectivity index (χ1v) is 5.97. The van der Waals surface area contributed by atoms with Crippen molar-refractivity contribution in [2.24, 2.45) is 7.05 Å². The fourth-order valence-corrected chi connectivity index (χ4v) is 2.29. The molecule has 0 atom stereocenters. The van der Waals surface area contributed by atoms with E-state index in [9.17, 15) is 8.42 Å². The van der Waals surface area contributed by atoms with E-state index >= 15 is 0 Å². The summed E-state index contributed by atoms with van der Waals surface area (Å²) in [5.41, 5.74) is 0. The Labute approximate surface area is 89.5 Å². The number of aromatic nitrogens is 2. The summed E-state index contributed by atoms with van der Waals surface area (Å²) in [6.07, 6.45) is 7.69. The van der Waals surface area contributed by atoms with Gasteiger partial charge in [-0.25, -0.2) is 13.1 Å². The van der Waals surface area contributed by atoms with Crippen molar-refractivity contribution < 1.29 is 8.42 Å². The van der Waals surface area contributed by atoms with Crippen LogP contribution in [0.5, 0.6) is 0 Å². The highest BCUT2D eigenvalue weighted by atomic mass is 32.2. The number of nitrogens with zero attached hydrogens (tertiary/aromatic N) is 2. The summed E-state index contributed by atoms with van der Waals surface area (Å²) in [5.74, 6) is 2.45. The van der Waals surface area contributed by atoms with E-state index in [1.54, 1.807) is 7.05 Å². The maximum atomic E-state index is 11.7. The third kappa shape index (κ3) is 3.08. The lowest BCUT2D eigenvalue weighted by Crippen LogP contribution is -2.26. The summed E-state index contributed by atoms with van der Waals surface area (Å²) in [4.78, 5) is 0. The van der Waals surface area contributed by atoms with Gasteiger partial charge in [0.1, 0.15) is 0 Å². The molecule has 1 N–H and O–H groups in total. The Hall–Kier alpha value is -1.32. The largest absolute Gasteiger partial charge is 0.257 e. The van der Waals surface area contributed by atoms with E-state index in [2.05, 4.69) is 15.7 Å². The minimum absolute atomic E-state index is 0.156. The monoisotopic (exact) mass is 227 g/mol. The van der Waals surface area contributed by atoms with Gasteiger partial charge in [0.2, 0.25) is 0 Å². The molecule has 5 nitrogen and oxygen atoms in total. The van der Waals surface area contributed by atoms with Crippen LogP contribution in [0.4, 0.5) is 0 Å². The first kappa shape index (κ1) is 11.8. The lowest BCUT2D eigenvalue weighted by atomic mass is 10.3. The molecule has 1 aromatic rings. The van der Waals surface area contributed by atoms with Crippen LogP contribution >= 0.6 is 0 Å². The van der Waals surface area contributed by atoms with Gasteiger partial charge in [0.15, 0.2) is 5.03 Å². The normalized spacial score (nSPS) is 11.2. The quantitative estimate of drug-likeness (QED) is 0.573. The Kier molecular flexibility index (Phi) is 3.88. The minimum atomic E-state index is -3.45. The van der Waals surface area contributed by atoms with Crippen LogP contribution < -0.4 is 4.72 Å². The maximum absolute atomic E-state index is 11.7. The molecular formula is C9H13N3O2S. The topological polar surface area (TPSA) is 64.0 Å². The van der Waals surface area contributed by atoms with Crippen LogP contribution in [0, 0.1) is 12.3 Å². The van der Waals surface area contributed by atoms with Gasteiger partial charge in [-0.3, -0.25) is 4.68 Å². The Morgan fingerprint density at radius 2 is 2.40 bits per heavy atom. The molecule has 0 saturated heterocycles. The van der Waals surface area contributed by atoms with E-state index in [0.717, 1.165) is 0 Å². The van der Waals surface area contributed by atoms with Crippen LogP contribution in [0.3, 0.4) is 0 Å². The lowest BCUT2D eigenvalue weighted by molar-refractivity contribution is 0.561. The fraction of sp³-hybridized carbons (Fsp3) is 0.444. The molecule has 82 valence electrons. The molecular weight excluding hydrogens is 214 g/mol. The summed E-state index contributed by atoms with van der Waals surface area (Å²) in [7, 11) is -1.87. The third-order valence-electron chi connectivity index (χ3n) is 1.84. The first-order valence-electron chi connectivity index (χ1n) is 4.49. The van der Waals surface area contributed by atoms with Crippen molar-refractivity contribution in [2.45, 2.75) is 17.9 Å². The second kappa shape index (κ2) is 4.96. The minimum Gasteiger partial charge on any atom is -0.256 e. The zero-order chi connectivity index (χ0) is 11.3. The molecule has 1 heterocycles. The van der Waals surface area contributed by atoms with E-state index in [-0.39, 0.29) is 5.03 Å². The summed E-state index contributed by atoms with van der Waals surface area (Å²) in [6.45, 7) is 0.345. The summed E-state index contributed by atoms with van der Waals surface area (Å²) < 4.78 is 27.1. The summed E-state index contributed by atoms with van der Waals surface area (Å²) in [5, 5.41) is 3.95. The highest BCUT2D eigenvalue weighted by Crippen LogP contribution is 2.05. The maximum Gasteiger partial charge on any atom is 0.257 e. The Bertz CT molecular complexity index is 456. The van der Waals surface area contributed by atoms with E-state index in [4.69, 9.17) is 6.42 Å². The molecule has 0 fully saturated rings. The number of sulfonamides is 1. The van der Waals surface area contributed by atoms with Gasteiger partial charge < -0.3 is 0 Å². The number of aryl methyl sites for hydroxylation is 1. The molecule has 0 saturated carbocycles. The second-order valence-electron chi connectivity index (χ2n) is 3.00. The Balaban J connectivity index is 2.62. The number of hydrogen-bond donors (Lipinski definition) is 1. The molecule has 6 heteroatoms. The predicted octanol–water partition coefficient (Wildman–Crippen LogP) is 0.112. The van der Waals surface area contributed by atoms with Crippen molar-refractivity contribution >= 4 is 10.0 Å². The van der Waals surface area contributed by atoms with Crippen molar-refractivity contribution in [3.63, 3.8) is 0 Å². The van der Waals surface area contributed by atoms with Crippen LogP contribution in [0.25, 0.3) is 0 Å². The van der Waals surface area contributed by atoms with Crippen LogP contribution in [0.15, 0.2) is 17.3 Å². The molecule has 0 radical (unpaired) electrons. The van der Waals surface area contributed by atoms with Crippen molar-refractivity contribution in [2.75, 3.05) is 6.54 Å². The molecule has 1 rings (SSSR count). The fourth-order valence-electron chi connectivity index (χ4n) is 1.10. The molecule has 0 aliphatic heterocycles. The van der Waals surface area contributed by atoms with Gasteiger partial charge in [-0.2, -0.15) is 5.10 Å². The number of hydrogen-bond acceptors (Lipinski definition) is 3. The smallest absolute Gasteiger partial charge is 0.256 e. The van der Waals surface area contributed by atoms with Crippen molar-refractivity contribution in [3.05, 3.63) is 12.3 Å². The summed E-state index contributed by atoms with van der Waals surface area (Å²) in [6, 6.07) is 1.45. The molecule has 0 bridgehead atoms. The summed E-state index contributed by atoms with van der Waals surface area (Å²) >= 11 is 0. The standard InChI is InChI=1S/C9H13N3O2S/c1-3-4-5-7-11-15(13,14)9-6-8-10-12(9)2/h1,6,8,11H,4-5,7H2,2H3. The van der Waals surface area contributed by atoms with E-state index in [0.29, 0.717) is 19.4 Å². The van der Waals surface area contributed by atoms with Crippen LogP contribution in [-0.2, 0) is 17.1 Å². The van der Waals surface area contributed by atoms with Gasteiger partial charge in [0.05, 0.1) is 6.20 Å². The number of terminal acetylenes is 1. The number of nitrogens with one attached hydrogen (secondary N) is 1. The van der Waals surface area contributed by atoms with Gasteiger partial charge in [-0.05, 0) is 12.5 Å². The molecule has 0 unspecified atom stereocenters. The van der Waals surface area contributed by atoms with Gasteiger partial charge in [-0.15, -0.1) is 12.3 Å². The average Bonchev–Trinajstić information content (AvgIpc) is 2.60. The average molecular weight is 227 g/mol. The molecule has 0 amide bonds. The zero-order valence-electron chi connectivity index (χ0n) is 8.47. The van der Waals surface area contributed by atoms with Crippen LogP contribution in [0.2, 0.25) is 0 Å². The van der Waals surface area contributed by atoms with Crippen molar-refractivity contribution in [1.29, 1.82) is 0 Å². The van der Waals surface area contributed by atoms with Gasteiger partial charge in [0.25, 0.3) is 10.0 Å². The molecule has 0 aliphatic rings. The van der Waals surface area contributed by atoms with Crippen LogP contribution in [0.1, 0.15) is 12.8 Å².